The quantitative estimate of drug-likeness (QED) is 0.766. The van der Waals surface area contributed by atoms with E-state index >= 15 is 0 Å². The van der Waals surface area contributed by atoms with E-state index in [2.05, 4.69) is 10.8 Å². The highest BCUT2D eigenvalue weighted by Crippen LogP contribution is 2.22. The first-order valence-electron chi connectivity index (χ1n) is 5.44. The van der Waals surface area contributed by atoms with Gasteiger partial charge in [-0.3, -0.25) is 4.79 Å². The van der Waals surface area contributed by atoms with Gasteiger partial charge in [-0.15, -0.1) is 11.3 Å². The van der Waals surface area contributed by atoms with Crippen LogP contribution in [0.3, 0.4) is 0 Å². The zero-order valence-electron chi connectivity index (χ0n) is 9.64. The van der Waals surface area contributed by atoms with E-state index in [-0.39, 0.29) is 5.97 Å². The predicted molar refractivity (Wildman–Crippen MR) is 66.2 cm³/mol. The smallest absolute Gasteiger partial charge is 0.305 e. The lowest BCUT2D eigenvalue weighted by Gasteiger charge is -2.01. The van der Waals surface area contributed by atoms with Gasteiger partial charge in [0.05, 0.1) is 19.8 Å². The van der Waals surface area contributed by atoms with E-state index in [4.69, 9.17) is 4.42 Å². The van der Waals surface area contributed by atoms with E-state index in [9.17, 15) is 4.79 Å². The summed E-state index contributed by atoms with van der Waals surface area (Å²) < 4.78 is 9.96. The summed E-state index contributed by atoms with van der Waals surface area (Å²) in [6.07, 6.45) is 3.63. The molecule has 2 rings (SSSR count). The monoisotopic (exact) mass is 250 g/mol. The van der Waals surface area contributed by atoms with Crippen molar-refractivity contribution in [2.24, 2.45) is 0 Å². The highest BCUT2D eigenvalue weighted by molar-refractivity contribution is 7.10. The second-order valence-electron chi connectivity index (χ2n) is 3.70. The van der Waals surface area contributed by atoms with Crippen LogP contribution in [0.5, 0.6) is 0 Å². The molecule has 2 aromatic heterocycles. The number of thiophene rings is 1. The summed E-state index contributed by atoms with van der Waals surface area (Å²) in [7, 11) is 1.42. The lowest BCUT2D eigenvalue weighted by molar-refractivity contribution is -0.140. The zero-order chi connectivity index (χ0) is 12.1. The van der Waals surface area contributed by atoms with E-state index in [1.54, 1.807) is 17.6 Å². The molecule has 0 unspecified atom stereocenters. The number of carbonyl (C=O) groups is 1. The molecular formula is C13H14O3S. The number of furan rings is 1. The van der Waals surface area contributed by atoms with Crippen LogP contribution >= 0.6 is 11.3 Å². The molecule has 0 fully saturated rings. The van der Waals surface area contributed by atoms with Crippen molar-refractivity contribution in [2.45, 2.75) is 19.3 Å². The van der Waals surface area contributed by atoms with Crippen LogP contribution in [0.15, 0.2) is 34.3 Å². The minimum absolute atomic E-state index is 0.164. The molecule has 90 valence electrons. The molecule has 4 heteroatoms. The number of hydrogen-bond donors (Lipinski definition) is 0. The Kier molecular flexibility index (Phi) is 3.98. The first-order chi connectivity index (χ1) is 8.29. The Morgan fingerprint density at radius 1 is 1.47 bits per heavy atom. The summed E-state index contributed by atoms with van der Waals surface area (Å²) in [6, 6.07) is 5.93. The van der Waals surface area contributed by atoms with E-state index in [0.29, 0.717) is 6.42 Å². The molecule has 0 aromatic carbocycles. The fraction of sp³-hybridized carbons (Fsp3) is 0.308. The predicted octanol–water partition coefficient (Wildman–Crippen LogP) is 3.04. The summed E-state index contributed by atoms with van der Waals surface area (Å²) in [4.78, 5) is 12.3. The summed E-state index contributed by atoms with van der Waals surface area (Å²) in [5.74, 6) is 0.782. The molecule has 0 radical (unpaired) electrons. The van der Waals surface area contributed by atoms with E-state index in [1.165, 1.54) is 17.6 Å². The molecule has 0 N–H and O–H groups in total. The Labute approximate surface area is 104 Å². The second kappa shape index (κ2) is 5.68. The fourth-order valence-corrected chi connectivity index (χ4v) is 2.57. The number of hydrogen-bond acceptors (Lipinski definition) is 4. The van der Waals surface area contributed by atoms with Gasteiger partial charge in [-0.1, -0.05) is 0 Å². The normalized spacial score (nSPS) is 10.4. The summed E-state index contributed by atoms with van der Waals surface area (Å²) in [6.45, 7) is 0. The molecule has 2 heterocycles. The first kappa shape index (κ1) is 11.9. The van der Waals surface area contributed by atoms with Crippen molar-refractivity contribution in [1.82, 2.24) is 0 Å². The molecule has 0 amide bonds. The van der Waals surface area contributed by atoms with Gasteiger partial charge in [-0.05, 0) is 35.6 Å². The minimum Gasteiger partial charge on any atom is -0.469 e. The summed E-state index contributed by atoms with van der Waals surface area (Å²) in [5.41, 5.74) is 1.23. The minimum atomic E-state index is -0.164. The van der Waals surface area contributed by atoms with Crippen molar-refractivity contribution in [3.05, 3.63) is 46.0 Å². The number of esters is 1. The maximum atomic E-state index is 11.1. The largest absolute Gasteiger partial charge is 0.469 e. The van der Waals surface area contributed by atoms with Gasteiger partial charge in [0.25, 0.3) is 0 Å². The Hall–Kier alpha value is -1.55. The van der Waals surface area contributed by atoms with Crippen LogP contribution in [0.2, 0.25) is 0 Å². The molecule has 0 saturated carbocycles. The number of carbonyl (C=O) groups excluding carboxylic acids is 1. The van der Waals surface area contributed by atoms with Crippen LogP contribution in [-0.4, -0.2) is 13.1 Å². The summed E-state index contributed by atoms with van der Waals surface area (Å²) >= 11 is 1.67. The lowest BCUT2D eigenvalue weighted by atomic mass is 10.1. The van der Waals surface area contributed by atoms with Crippen molar-refractivity contribution in [3.63, 3.8) is 0 Å². The SMILES string of the molecule is COC(=O)CCc1sccc1Cc1ccco1. The highest BCUT2D eigenvalue weighted by Gasteiger charge is 2.09. The Morgan fingerprint density at radius 3 is 3.06 bits per heavy atom. The molecule has 0 aliphatic heterocycles. The molecule has 3 nitrogen and oxygen atoms in total. The van der Waals surface area contributed by atoms with Gasteiger partial charge in [0, 0.05) is 11.3 Å². The van der Waals surface area contributed by atoms with Crippen LogP contribution in [0.4, 0.5) is 0 Å². The lowest BCUT2D eigenvalue weighted by Crippen LogP contribution is -2.02. The molecule has 0 saturated heterocycles. The third-order valence-electron chi connectivity index (χ3n) is 2.57. The third-order valence-corrected chi connectivity index (χ3v) is 3.59. The zero-order valence-corrected chi connectivity index (χ0v) is 10.5. The average molecular weight is 250 g/mol. The van der Waals surface area contributed by atoms with Crippen molar-refractivity contribution >= 4 is 17.3 Å². The van der Waals surface area contributed by atoms with E-state index < -0.39 is 0 Å². The number of ether oxygens (including phenoxy) is 1. The van der Waals surface area contributed by atoms with Crippen LogP contribution in [-0.2, 0) is 22.4 Å². The van der Waals surface area contributed by atoms with E-state index in [1.807, 2.05) is 17.5 Å². The molecule has 2 aromatic rings. The Bertz CT molecular complexity index is 471. The molecular weight excluding hydrogens is 236 g/mol. The maximum absolute atomic E-state index is 11.1. The van der Waals surface area contributed by atoms with Gasteiger partial charge in [-0.2, -0.15) is 0 Å². The van der Waals surface area contributed by atoms with Crippen molar-refractivity contribution in [2.75, 3.05) is 7.11 Å². The number of rotatable bonds is 5. The number of methoxy groups -OCH3 is 1. The van der Waals surface area contributed by atoms with Crippen LogP contribution < -0.4 is 0 Å². The van der Waals surface area contributed by atoms with Gasteiger partial charge in [0.15, 0.2) is 0 Å². The molecule has 17 heavy (non-hydrogen) atoms. The van der Waals surface area contributed by atoms with E-state index in [0.717, 1.165) is 18.6 Å². The van der Waals surface area contributed by atoms with Crippen molar-refractivity contribution in [3.8, 4) is 0 Å². The van der Waals surface area contributed by atoms with Gasteiger partial charge in [0.1, 0.15) is 5.76 Å². The molecule has 0 spiro atoms. The third kappa shape index (κ3) is 3.20. The average Bonchev–Trinajstić information content (AvgIpc) is 2.98. The van der Waals surface area contributed by atoms with Gasteiger partial charge in [-0.25, -0.2) is 0 Å². The molecule has 0 bridgehead atoms. The number of aryl methyl sites for hydroxylation is 1. The van der Waals surface area contributed by atoms with Crippen LogP contribution in [0, 0.1) is 0 Å². The Morgan fingerprint density at radius 2 is 2.35 bits per heavy atom. The van der Waals surface area contributed by atoms with Crippen molar-refractivity contribution in [1.29, 1.82) is 0 Å². The fourth-order valence-electron chi connectivity index (χ4n) is 1.66. The Balaban J connectivity index is 1.99. The molecule has 0 aliphatic rings. The second-order valence-corrected chi connectivity index (χ2v) is 4.70. The first-order valence-corrected chi connectivity index (χ1v) is 6.32. The summed E-state index contributed by atoms with van der Waals surface area (Å²) in [5, 5.41) is 2.05. The van der Waals surface area contributed by atoms with Gasteiger partial charge in [0.2, 0.25) is 0 Å². The van der Waals surface area contributed by atoms with Crippen LogP contribution in [0.25, 0.3) is 0 Å². The van der Waals surface area contributed by atoms with Gasteiger partial charge >= 0.3 is 5.97 Å². The van der Waals surface area contributed by atoms with Crippen molar-refractivity contribution < 1.29 is 13.9 Å². The highest BCUT2D eigenvalue weighted by atomic mass is 32.1. The molecule has 0 atom stereocenters. The van der Waals surface area contributed by atoms with Crippen LogP contribution in [0.1, 0.15) is 22.6 Å². The maximum Gasteiger partial charge on any atom is 0.305 e. The van der Waals surface area contributed by atoms with Gasteiger partial charge < -0.3 is 9.15 Å². The topological polar surface area (TPSA) is 39.4 Å². The standard InChI is InChI=1S/C13H14O3S/c1-15-13(14)5-4-12-10(6-8-17-12)9-11-3-2-7-16-11/h2-3,6-8H,4-5,9H2,1H3. The molecule has 0 aliphatic carbocycles.